The van der Waals surface area contributed by atoms with Gasteiger partial charge in [-0.1, -0.05) is 44.5 Å². The summed E-state index contributed by atoms with van der Waals surface area (Å²) >= 11 is 6.35. The van der Waals surface area contributed by atoms with Gasteiger partial charge in [0.05, 0.1) is 17.3 Å². The fourth-order valence-electron chi connectivity index (χ4n) is 2.18. The Morgan fingerprint density at radius 3 is 2.70 bits per heavy atom. The van der Waals surface area contributed by atoms with Crippen molar-refractivity contribution < 1.29 is 4.79 Å². The van der Waals surface area contributed by atoms with Crippen molar-refractivity contribution in [2.75, 3.05) is 24.5 Å². The van der Waals surface area contributed by atoms with Crippen molar-refractivity contribution in [1.29, 1.82) is 0 Å². The van der Waals surface area contributed by atoms with Crippen LogP contribution < -0.4 is 16.0 Å². The molecule has 1 amide bonds. The Labute approximate surface area is 126 Å². The lowest BCUT2D eigenvalue weighted by Crippen LogP contribution is -2.37. The Kier molecular flexibility index (Phi) is 6.82. The number of rotatable bonds is 8. The summed E-state index contributed by atoms with van der Waals surface area (Å²) in [6.07, 6.45) is 0. The maximum absolute atomic E-state index is 11.3. The van der Waals surface area contributed by atoms with Gasteiger partial charge >= 0.3 is 0 Å². The largest absolute Gasteiger partial charge is 0.368 e. The van der Waals surface area contributed by atoms with Crippen LogP contribution in [0.4, 0.5) is 5.69 Å². The molecule has 0 saturated heterocycles. The number of primary amides is 1. The molecule has 0 radical (unpaired) electrons. The van der Waals surface area contributed by atoms with Crippen molar-refractivity contribution in [3.8, 4) is 0 Å². The second-order valence-corrected chi connectivity index (χ2v) is 5.68. The van der Waals surface area contributed by atoms with Crippen LogP contribution in [0.2, 0.25) is 5.02 Å². The van der Waals surface area contributed by atoms with Crippen molar-refractivity contribution >= 4 is 23.2 Å². The van der Waals surface area contributed by atoms with E-state index in [0.29, 0.717) is 10.9 Å². The third kappa shape index (κ3) is 5.02. The normalized spacial score (nSPS) is 10.8. The number of carbonyl (C=O) groups is 1. The van der Waals surface area contributed by atoms with Gasteiger partial charge in [-0.25, -0.2) is 0 Å². The van der Waals surface area contributed by atoms with Crippen LogP contribution in [0.15, 0.2) is 18.2 Å². The topological polar surface area (TPSA) is 58.4 Å². The molecule has 0 aromatic heterocycles. The van der Waals surface area contributed by atoms with Gasteiger partial charge in [-0.05, 0) is 24.1 Å². The van der Waals surface area contributed by atoms with E-state index in [4.69, 9.17) is 17.3 Å². The highest BCUT2D eigenvalue weighted by Gasteiger charge is 2.17. The van der Waals surface area contributed by atoms with Crippen LogP contribution in [0, 0.1) is 5.92 Å². The van der Waals surface area contributed by atoms with E-state index in [0.717, 1.165) is 30.9 Å². The fraction of sp³-hybridized carbons (Fsp3) is 0.533. The van der Waals surface area contributed by atoms with E-state index in [2.05, 4.69) is 26.1 Å². The van der Waals surface area contributed by atoms with Crippen LogP contribution in [0.5, 0.6) is 0 Å². The summed E-state index contributed by atoms with van der Waals surface area (Å²) in [5, 5.41) is 3.95. The zero-order valence-corrected chi connectivity index (χ0v) is 13.2. The molecule has 1 rings (SSSR count). The minimum Gasteiger partial charge on any atom is -0.368 e. The van der Waals surface area contributed by atoms with E-state index in [1.807, 2.05) is 23.1 Å². The summed E-state index contributed by atoms with van der Waals surface area (Å²) in [5.41, 5.74) is 7.36. The first-order valence-corrected chi connectivity index (χ1v) is 7.34. The van der Waals surface area contributed by atoms with Gasteiger partial charge in [0.15, 0.2) is 0 Å². The average Bonchev–Trinajstić information content (AvgIpc) is 2.34. The van der Waals surface area contributed by atoms with Crippen LogP contribution in [-0.2, 0) is 11.3 Å². The molecule has 5 heteroatoms. The maximum Gasteiger partial charge on any atom is 0.236 e. The molecular formula is C15H24ClN3O. The third-order valence-corrected chi connectivity index (χ3v) is 3.19. The average molecular weight is 298 g/mol. The highest BCUT2D eigenvalue weighted by atomic mass is 35.5. The molecule has 1 aromatic rings. The molecule has 0 spiro atoms. The second kappa shape index (κ2) is 8.12. The Morgan fingerprint density at radius 2 is 2.15 bits per heavy atom. The molecule has 0 saturated carbocycles. The first-order valence-electron chi connectivity index (χ1n) is 6.97. The fourth-order valence-corrected chi connectivity index (χ4v) is 2.49. The molecule has 0 atom stereocenters. The van der Waals surface area contributed by atoms with Crippen LogP contribution in [0.25, 0.3) is 0 Å². The van der Waals surface area contributed by atoms with E-state index in [-0.39, 0.29) is 12.5 Å². The van der Waals surface area contributed by atoms with Crippen molar-refractivity contribution in [3.05, 3.63) is 28.8 Å². The van der Waals surface area contributed by atoms with Crippen molar-refractivity contribution in [1.82, 2.24) is 5.32 Å². The van der Waals surface area contributed by atoms with Gasteiger partial charge in [-0.2, -0.15) is 0 Å². The van der Waals surface area contributed by atoms with Gasteiger partial charge in [0.25, 0.3) is 0 Å². The van der Waals surface area contributed by atoms with E-state index in [1.165, 1.54) is 0 Å². The van der Waals surface area contributed by atoms with Gasteiger partial charge in [0.2, 0.25) is 5.91 Å². The molecule has 0 unspecified atom stereocenters. The summed E-state index contributed by atoms with van der Waals surface area (Å²) in [5.74, 6) is 0.0672. The summed E-state index contributed by atoms with van der Waals surface area (Å²) in [6, 6.07) is 5.80. The van der Waals surface area contributed by atoms with E-state index in [1.54, 1.807) is 0 Å². The number of hydrogen-bond acceptors (Lipinski definition) is 3. The highest BCUT2D eigenvalue weighted by Crippen LogP contribution is 2.30. The van der Waals surface area contributed by atoms with Gasteiger partial charge in [0.1, 0.15) is 0 Å². The first kappa shape index (κ1) is 16.8. The number of nitrogens with two attached hydrogens (primary N) is 1. The van der Waals surface area contributed by atoms with Crippen molar-refractivity contribution in [2.24, 2.45) is 11.7 Å². The smallest absolute Gasteiger partial charge is 0.236 e. The minimum atomic E-state index is -0.347. The molecule has 0 aliphatic rings. The molecule has 0 fully saturated rings. The zero-order valence-electron chi connectivity index (χ0n) is 12.4. The predicted molar refractivity (Wildman–Crippen MR) is 85.1 cm³/mol. The number of anilines is 1. The van der Waals surface area contributed by atoms with Crippen molar-refractivity contribution in [2.45, 2.75) is 27.3 Å². The second-order valence-electron chi connectivity index (χ2n) is 5.27. The number of para-hydroxylation sites is 1. The Hall–Kier alpha value is -1.26. The maximum atomic E-state index is 11.3. The number of amides is 1. The van der Waals surface area contributed by atoms with Crippen LogP contribution in [0.1, 0.15) is 26.3 Å². The number of halogens is 1. The molecule has 0 bridgehead atoms. The van der Waals surface area contributed by atoms with Crippen LogP contribution in [0.3, 0.4) is 0 Å². The Balaban J connectivity index is 3.11. The van der Waals surface area contributed by atoms with Gasteiger partial charge in [0, 0.05) is 13.1 Å². The monoisotopic (exact) mass is 297 g/mol. The number of nitrogens with one attached hydrogen (secondary N) is 1. The molecule has 3 N–H and O–H groups in total. The standard InChI is InChI=1S/C15H24ClN3O/c1-4-18-8-12-6-5-7-13(16)15(12)19(9-11(2)3)10-14(17)20/h5-7,11,18H,4,8-10H2,1-3H3,(H2,17,20). The van der Waals surface area contributed by atoms with Crippen LogP contribution in [-0.4, -0.2) is 25.5 Å². The number of carbonyl (C=O) groups excluding carboxylic acids is 1. The summed E-state index contributed by atoms with van der Waals surface area (Å²) in [6.45, 7) is 8.79. The molecule has 1 aromatic carbocycles. The molecule has 0 aliphatic carbocycles. The van der Waals surface area contributed by atoms with E-state index in [9.17, 15) is 4.79 Å². The Morgan fingerprint density at radius 1 is 1.45 bits per heavy atom. The number of nitrogens with zero attached hydrogens (tertiary/aromatic N) is 1. The van der Waals surface area contributed by atoms with Crippen molar-refractivity contribution in [3.63, 3.8) is 0 Å². The quantitative estimate of drug-likeness (QED) is 0.774. The molecule has 0 aliphatic heterocycles. The summed E-state index contributed by atoms with van der Waals surface area (Å²) in [4.78, 5) is 13.3. The molecule has 20 heavy (non-hydrogen) atoms. The summed E-state index contributed by atoms with van der Waals surface area (Å²) < 4.78 is 0. The minimum absolute atomic E-state index is 0.182. The lowest BCUT2D eigenvalue weighted by molar-refractivity contribution is -0.116. The van der Waals surface area contributed by atoms with Crippen LogP contribution >= 0.6 is 11.6 Å². The first-order chi connectivity index (χ1) is 9.45. The molecule has 112 valence electrons. The lowest BCUT2D eigenvalue weighted by Gasteiger charge is -2.28. The van der Waals surface area contributed by atoms with Gasteiger partial charge in [-0.3, -0.25) is 4.79 Å². The van der Waals surface area contributed by atoms with E-state index < -0.39 is 0 Å². The Bertz CT molecular complexity index is 449. The highest BCUT2D eigenvalue weighted by molar-refractivity contribution is 6.33. The number of hydrogen-bond donors (Lipinski definition) is 2. The SMILES string of the molecule is CCNCc1cccc(Cl)c1N(CC(N)=O)CC(C)C. The zero-order chi connectivity index (χ0) is 15.1. The summed E-state index contributed by atoms with van der Waals surface area (Å²) in [7, 11) is 0. The molecule has 0 heterocycles. The molecule has 4 nitrogen and oxygen atoms in total. The lowest BCUT2D eigenvalue weighted by atomic mass is 10.1. The molecular weight excluding hydrogens is 274 g/mol. The third-order valence-electron chi connectivity index (χ3n) is 2.88. The predicted octanol–water partition coefficient (Wildman–Crippen LogP) is 2.40. The van der Waals surface area contributed by atoms with Gasteiger partial charge < -0.3 is 16.0 Å². The van der Waals surface area contributed by atoms with E-state index >= 15 is 0 Å². The number of benzene rings is 1. The van der Waals surface area contributed by atoms with Gasteiger partial charge in [-0.15, -0.1) is 0 Å².